The number of rotatable bonds is 3. The number of amides is 1. The number of carbonyl (C=O) groups is 1. The van der Waals surface area contributed by atoms with Gasteiger partial charge in [0.2, 0.25) is 11.6 Å². The molecule has 5 rings (SSSR count). The van der Waals surface area contributed by atoms with Crippen molar-refractivity contribution in [3.05, 3.63) is 59.7 Å². The number of hydrogen-bond acceptors (Lipinski definition) is 5. The van der Waals surface area contributed by atoms with Crippen molar-refractivity contribution in [2.75, 3.05) is 23.3 Å². The van der Waals surface area contributed by atoms with Gasteiger partial charge in [-0.25, -0.2) is 4.98 Å². The van der Waals surface area contributed by atoms with E-state index in [1.54, 1.807) is 12.1 Å². The van der Waals surface area contributed by atoms with Gasteiger partial charge >= 0.3 is 0 Å². The molecule has 0 unspecified atom stereocenters. The van der Waals surface area contributed by atoms with Crippen LogP contribution in [0.2, 0.25) is 0 Å². The van der Waals surface area contributed by atoms with Crippen LogP contribution in [0, 0.1) is 6.92 Å². The number of nitrogens with zero attached hydrogens (tertiary/aromatic N) is 5. The number of fused-ring (bicyclic) bond motifs is 3. The van der Waals surface area contributed by atoms with Gasteiger partial charge in [0, 0.05) is 18.7 Å². The maximum absolute atomic E-state index is 12.7. The molecule has 3 heterocycles. The van der Waals surface area contributed by atoms with Crippen LogP contribution in [0.3, 0.4) is 0 Å². The predicted molar refractivity (Wildman–Crippen MR) is 113 cm³/mol. The monoisotopic (exact) mass is 386 g/mol. The van der Waals surface area contributed by atoms with Gasteiger partial charge in [-0.2, -0.15) is 0 Å². The molecule has 1 fully saturated rings. The Morgan fingerprint density at radius 1 is 1.00 bits per heavy atom. The summed E-state index contributed by atoms with van der Waals surface area (Å²) >= 11 is 0. The van der Waals surface area contributed by atoms with Crippen molar-refractivity contribution in [3.8, 4) is 0 Å². The maximum atomic E-state index is 12.7. The Balaban J connectivity index is 1.67. The highest BCUT2D eigenvalue weighted by molar-refractivity contribution is 6.04. The standard InChI is InChI=1S/C22H22N6O/c1-15-10-11-17-18(14-15)28-20(19(23-17)27-12-6-3-7-13-27)25-26-22(28)24-21(29)16-8-4-2-5-9-16/h2,4-5,8-11,14H,3,6-7,12-13H2,1H3,(H,24,26,29). The summed E-state index contributed by atoms with van der Waals surface area (Å²) < 4.78 is 1.92. The Kier molecular flexibility index (Phi) is 4.35. The zero-order chi connectivity index (χ0) is 19.8. The quantitative estimate of drug-likeness (QED) is 0.579. The first-order valence-electron chi connectivity index (χ1n) is 9.97. The summed E-state index contributed by atoms with van der Waals surface area (Å²) in [5.41, 5.74) is 4.11. The van der Waals surface area contributed by atoms with Gasteiger partial charge in [0.1, 0.15) is 0 Å². The van der Waals surface area contributed by atoms with E-state index in [1.165, 1.54) is 6.42 Å². The smallest absolute Gasteiger partial charge is 0.258 e. The van der Waals surface area contributed by atoms with Gasteiger partial charge < -0.3 is 4.90 Å². The summed E-state index contributed by atoms with van der Waals surface area (Å²) in [5.74, 6) is 1.02. The molecule has 2 aromatic carbocycles. The van der Waals surface area contributed by atoms with Gasteiger partial charge in [0.25, 0.3) is 5.91 Å². The summed E-state index contributed by atoms with van der Waals surface area (Å²) in [6, 6.07) is 15.2. The fourth-order valence-electron chi connectivity index (χ4n) is 3.89. The zero-order valence-corrected chi connectivity index (χ0v) is 16.3. The van der Waals surface area contributed by atoms with Crippen molar-refractivity contribution < 1.29 is 4.79 Å². The predicted octanol–water partition coefficient (Wildman–Crippen LogP) is 3.83. The van der Waals surface area contributed by atoms with Crippen LogP contribution in [0.15, 0.2) is 48.5 Å². The first-order chi connectivity index (χ1) is 14.2. The molecule has 1 aliphatic heterocycles. The Morgan fingerprint density at radius 2 is 1.79 bits per heavy atom. The highest BCUT2D eigenvalue weighted by atomic mass is 16.1. The van der Waals surface area contributed by atoms with E-state index in [0.717, 1.165) is 48.3 Å². The number of anilines is 2. The molecule has 1 aliphatic rings. The van der Waals surface area contributed by atoms with Crippen molar-refractivity contribution in [2.45, 2.75) is 26.2 Å². The SMILES string of the molecule is Cc1ccc2nc(N3CCCCC3)c3nnc(NC(=O)c4ccccc4)n3c2c1. The number of hydrogen-bond donors (Lipinski definition) is 1. The summed E-state index contributed by atoms with van der Waals surface area (Å²) in [6.45, 7) is 3.95. The Hall–Kier alpha value is -3.48. The summed E-state index contributed by atoms with van der Waals surface area (Å²) in [5, 5.41) is 11.7. The molecule has 0 saturated carbocycles. The van der Waals surface area contributed by atoms with Gasteiger partial charge in [-0.15, -0.1) is 10.2 Å². The molecule has 7 heteroatoms. The van der Waals surface area contributed by atoms with Crippen LogP contribution < -0.4 is 10.2 Å². The number of piperidine rings is 1. The summed E-state index contributed by atoms with van der Waals surface area (Å²) in [6.07, 6.45) is 3.53. The molecule has 0 bridgehead atoms. The Bertz CT molecular complexity index is 1190. The molecule has 29 heavy (non-hydrogen) atoms. The maximum Gasteiger partial charge on any atom is 0.258 e. The van der Waals surface area contributed by atoms with E-state index in [4.69, 9.17) is 4.98 Å². The molecule has 146 valence electrons. The van der Waals surface area contributed by atoms with E-state index in [9.17, 15) is 4.79 Å². The van der Waals surface area contributed by atoms with Crippen LogP contribution in [-0.2, 0) is 0 Å². The van der Waals surface area contributed by atoms with E-state index < -0.39 is 0 Å². The van der Waals surface area contributed by atoms with E-state index in [1.807, 2.05) is 41.7 Å². The third-order valence-corrected chi connectivity index (χ3v) is 5.38. The lowest BCUT2D eigenvalue weighted by Gasteiger charge is -2.28. The van der Waals surface area contributed by atoms with Gasteiger partial charge in [-0.05, 0) is 56.0 Å². The molecule has 0 aliphatic carbocycles. The molecule has 0 radical (unpaired) electrons. The van der Waals surface area contributed by atoms with Crippen molar-refractivity contribution in [1.29, 1.82) is 0 Å². The number of benzene rings is 2. The van der Waals surface area contributed by atoms with Gasteiger partial charge in [-0.3, -0.25) is 14.5 Å². The molecule has 7 nitrogen and oxygen atoms in total. The van der Waals surface area contributed by atoms with Gasteiger partial charge in [0.15, 0.2) is 5.82 Å². The lowest BCUT2D eigenvalue weighted by molar-refractivity contribution is 0.102. The van der Waals surface area contributed by atoms with Crippen LogP contribution in [0.25, 0.3) is 16.7 Å². The molecule has 1 amide bonds. The second kappa shape index (κ2) is 7.16. The lowest BCUT2D eigenvalue weighted by Crippen LogP contribution is -2.30. The van der Waals surface area contributed by atoms with E-state index in [0.29, 0.717) is 17.2 Å². The third-order valence-electron chi connectivity index (χ3n) is 5.38. The molecule has 0 spiro atoms. The second-order valence-corrected chi connectivity index (χ2v) is 7.48. The third kappa shape index (κ3) is 3.18. The first kappa shape index (κ1) is 17.6. The fraction of sp³-hybridized carbons (Fsp3) is 0.273. The van der Waals surface area contributed by atoms with E-state index in [-0.39, 0.29) is 5.91 Å². The minimum absolute atomic E-state index is 0.211. The van der Waals surface area contributed by atoms with Crippen LogP contribution in [-0.4, -0.2) is 38.6 Å². The number of nitrogens with one attached hydrogen (secondary N) is 1. The highest BCUT2D eigenvalue weighted by Gasteiger charge is 2.22. The topological polar surface area (TPSA) is 75.4 Å². The Labute approximate surface area is 168 Å². The van der Waals surface area contributed by atoms with Gasteiger partial charge in [0.05, 0.1) is 11.0 Å². The van der Waals surface area contributed by atoms with Crippen LogP contribution in [0.5, 0.6) is 0 Å². The fourth-order valence-corrected chi connectivity index (χ4v) is 3.89. The molecule has 0 atom stereocenters. The zero-order valence-electron chi connectivity index (χ0n) is 16.3. The van der Waals surface area contributed by atoms with Crippen LogP contribution >= 0.6 is 0 Å². The number of carbonyl (C=O) groups excluding carboxylic acids is 1. The largest absolute Gasteiger partial charge is 0.353 e. The van der Waals surface area contributed by atoms with E-state index in [2.05, 4.69) is 26.5 Å². The van der Waals surface area contributed by atoms with Crippen molar-refractivity contribution in [1.82, 2.24) is 19.6 Å². The average Bonchev–Trinajstić information content (AvgIpc) is 3.18. The molecule has 1 N–H and O–H groups in total. The molecular formula is C22H22N6O. The number of aromatic nitrogens is 4. The van der Waals surface area contributed by atoms with Crippen molar-refractivity contribution >= 4 is 34.4 Å². The Morgan fingerprint density at radius 3 is 2.59 bits per heavy atom. The summed E-state index contributed by atoms with van der Waals surface area (Å²) in [4.78, 5) is 19.9. The first-order valence-corrected chi connectivity index (χ1v) is 9.97. The lowest BCUT2D eigenvalue weighted by atomic mass is 10.1. The number of aryl methyl sites for hydroxylation is 1. The summed E-state index contributed by atoms with van der Waals surface area (Å²) in [7, 11) is 0. The normalized spacial score (nSPS) is 14.4. The van der Waals surface area contributed by atoms with E-state index >= 15 is 0 Å². The van der Waals surface area contributed by atoms with Crippen LogP contribution in [0.4, 0.5) is 11.8 Å². The average molecular weight is 386 g/mol. The molecule has 4 aromatic rings. The highest BCUT2D eigenvalue weighted by Crippen LogP contribution is 2.28. The molecular weight excluding hydrogens is 364 g/mol. The second-order valence-electron chi connectivity index (χ2n) is 7.48. The van der Waals surface area contributed by atoms with Crippen molar-refractivity contribution in [2.24, 2.45) is 0 Å². The van der Waals surface area contributed by atoms with Crippen molar-refractivity contribution in [3.63, 3.8) is 0 Å². The molecule has 1 saturated heterocycles. The minimum atomic E-state index is -0.211. The van der Waals surface area contributed by atoms with Crippen LogP contribution in [0.1, 0.15) is 35.2 Å². The van der Waals surface area contributed by atoms with Gasteiger partial charge in [-0.1, -0.05) is 24.3 Å². The minimum Gasteiger partial charge on any atom is -0.353 e. The molecule has 2 aromatic heterocycles.